The van der Waals surface area contributed by atoms with Crippen LogP contribution < -0.4 is 10.6 Å². The summed E-state index contributed by atoms with van der Waals surface area (Å²) < 4.78 is 13.3. The Labute approximate surface area is 125 Å². The van der Waals surface area contributed by atoms with E-state index in [1.165, 1.54) is 6.07 Å². The maximum Gasteiger partial charge on any atom is 0.191 e. The van der Waals surface area contributed by atoms with Crippen molar-refractivity contribution in [3.8, 4) is 0 Å². The normalized spacial score (nSPS) is 9.28. The largest absolute Gasteiger partial charge is 0.357 e. The fourth-order valence-corrected chi connectivity index (χ4v) is 1.50. The van der Waals surface area contributed by atoms with Crippen LogP contribution >= 0.6 is 24.0 Å². The van der Waals surface area contributed by atoms with Gasteiger partial charge < -0.3 is 10.6 Å². The van der Waals surface area contributed by atoms with Gasteiger partial charge in [-0.15, -0.1) is 24.0 Å². The number of aliphatic imine (C=N–C) groups is 1. The number of halogens is 2. The first-order valence-corrected chi connectivity index (χ1v) is 6.03. The summed E-state index contributed by atoms with van der Waals surface area (Å²) >= 11 is 0. The number of guanidine groups is 1. The van der Waals surface area contributed by atoms with Crippen LogP contribution in [0.25, 0.3) is 0 Å². The standard InChI is InChI=1S/C13H20FN3.HI/c1-3-15-13(16-4-2)17-10-9-11-7-5-6-8-12(11)14;/h5-8H,3-4,9-10H2,1-2H3,(H2,15,16,17);1H. The monoisotopic (exact) mass is 365 g/mol. The molecule has 0 atom stereocenters. The number of hydrogen-bond donors (Lipinski definition) is 2. The van der Waals surface area contributed by atoms with Gasteiger partial charge in [-0.2, -0.15) is 0 Å². The van der Waals surface area contributed by atoms with Gasteiger partial charge in [-0.05, 0) is 31.9 Å². The number of hydrogen-bond acceptors (Lipinski definition) is 1. The van der Waals surface area contributed by atoms with Gasteiger partial charge in [-0.1, -0.05) is 18.2 Å². The summed E-state index contributed by atoms with van der Waals surface area (Å²) in [4.78, 5) is 4.37. The van der Waals surface area contributed by atoms with Crippen LogP contribution in [0.2, 0.25) is 0 Å². The maximum absolute atomic E-state index is 13.3. The third kappa shape index (κ3) is 6.18. The molecule has 0 saturated carbocycles. The lowest BCUT2D eigenvalue weighted by molar-refractivity contribution is 0.609. The summed E-state index contributed by atoms with van der Waals surface area (Å²) in [5, 5.41) is 6.26. The SMILES string of the molecule is CCNC(=NCCc1ccccc1F)NCC.I. The van der Waals surface area contributed by atoms with E-state index in [1.807, 2.05) is 19.9 Å². The highest BCUT2D eigenvalue weighted by Gasteiger charge is 2.00. The molecule has 0 fully saturated rings. The van der Waals surface area contributed by atoms with Gasteiger partial charge in [0.2, 0.25) is 0 Å². The summed E-state index contributed by atoms with van der Waals surface area (Å²) in [6.45, 7) is 6.26. The molecule has 0 aromatic heterocycles. The molecule has 18 heavy (non-hydrogen) atoms. The van der Waals surface area contributed by atoms with Crippen molar-refractivity contribution in [2.24, 2.45) is 4.99 Å². The Hall–Kier alpha value is -0.850. The van der Waals surface area contributed by atoms with Crippen LogP contribution in [-0.4, -0.2) is 25.6 Å². The molecular weight excluding hydrogens is 344 g/mol. The van der Waals surface area contributed by atoms with Crippen LogP contribution in [0.15, 0.2) is 29.3 Å². The minimum Gasteiger partial charge on any atom is -0.357 e. The fourth-order valence-electron chi connectivity index (χ4n) is 1.50. The molecule has 0 unspecified atom stereocenters. The molecule has 0 radical (unpaired) electrons. The Balaban J connectivity index is 0.00000289. The molecule has 3 nitrogen and oxygen atoms in total. The van der Waals surface area contributed by atoms with Crippen LogP contribution in [0, 0.1) is 5.82 Å². The number of benzene rings is 1. The molecule has 0 aliphatic carbocycles. The summed E-state index contributed by atoms with van der Waals surface area (Å²) in [5.74, 6) is 0.627. The van der Waals surface area contributed by atoms with Gasteiger partial charge in [0.15, 0.2) is 5.96 Å². The Morgan fingerprint density at radius 1 is 1.17 bits per heavy atom. The molecule has 5 heteroatoms. The first kappa shape index (κ1) is 17.2. The van der Waals surface area contributed by atoms with E-state index in [1.54, 1.807) is 12.1 Å². The summed E-state index contributed by atoms with van der Waals surface area (Å²) in [6, 6.07) is 6.82. The van der Waals surface area contributed by atoms with Gasteiger partial charge in [0.25, 0.3) is 0 Å². The van der Waals surface area contributed by atoms with E-state index >= 15 is 0 Å². The van der Waals surface area contributed by atoms with E-state index in [-0.39, 0.29) is 29.8 Å². The van der Waals surface area contributed by atoms with Gasteiger partial charge in [0.1, 0.15) is 5.82 Å². The van der Waals surface area contributed by atoms with Crippen molar-refractivity contribution in [1.82, 2.24) is 10.6 Å². The molecule has 2 N–H and O–H groups in total. The topological polar surface area (TPSA) is 36.4 Å². The van der Waals surface area contributed by atoms with Crippen molar-refractivity contribution >= 4 is 29.9 Å². The van der Waals surface area contributed by atoms with Gasteiger partial charge in [-0.25, -0.2) is 4.39 Å². The molecule has 102 valence electrons. The number of nitrogens with one attached hydrogen (secondary N) is 2. The average Bonchev–Trinajstić information content (AvgIpc) is 2.32. The number of rotatable bonds is 5. The van der Waals surface area contributed by atoms with E-state index in [9.17, 15) is 4.39 Å². The molecule has 1 aromatic rings. The van der Waals surface area contributed by atoms with Crippen LogP contribution in [-0.2, 0) is 6.42 Å². The minimum absolute atomic E-state index is 0. The fraction of sp³-hybridized carbons (Fsp3) is 0.462. The zero-order valence-electron chi connectivity index (χ0n) is 10.9. The molecule has 0 saturated heterocycles. The highest BCUT2D eigenvalue weighted by molar-refractivity contribution is 14.0. The predicted octanol–water partition coefficient (Wildman–Crippen LogP) is 2.56. The zero-order chi connectivity index (χ0) is 12.5. The van der Waals surface area contributed by atoms with Crippen LogP contribution in [0.5, 0.6) is 0 Å². The van der Waals surface area contributed by atoms with Crippen molar-refractivity contribution in [3.63, 3.8) is 0 Å². The molecule has 0 aliphatic heterocycles. The molecular formula is C13H21FIN3. The second-order valence-electron chi connectivity index (χ2n) is 3.63. The molecule has 0 bridgehead atoms. The van der Waals surface area contributed by atoms with Crippen LogP contribution in [0.1, 0.15) is 19.4 Å². The van der Waals surface area contributed by atoms with Crippen molar-refractivity contribution in [2.45, 2.75) is 20.3 Å². The lowest BCUT2D eigenvalue weighted by atomic mass is 10.1. The highest BCUT2D eigenvalue weighted by Crippen LogP contribution is 2.06. The Bertz CT molecular complexity index is 361. The second kappa shape index (κ2) is 10.1. The van der Waals surface area contributed by atoms with Crippen LogP contribution in [0.4, 0.5) is 4.39 Å². The molecule has 0 amide bonds. The van der Waals surface area contributed by atoms with Crippen molar-refractivity contribution in [3.05, 3.63) is 35.6 Å². The quantitative estimate of drug-likeness (QED) is 0.478. The smallest absolute Gasteiger partial charge is 0.191 e. The highest BCUT2D eigenvalue weighted by atomic mass is 127. The second-order valence-corrected chi connectivity index (χ2v) is 3.63. The Morgan fingerprint density at radius 3 is 2.33 bits per heavy atom. The van der Waals surface area contributed by atoms with Gasteiger partial charge in [0, 0.05) is 19.6 Å². The molecule has 0 spiro atoms. The zero-order valence-corrected chi connectivity index (χ0v) is 13.2. The van der Waals surface area contributed by atoms with Gasteiger partial charge >= 0.3 is 0 Å². The Morgan fingerprint density at radius 2 is 1.78 bits per heavy atom. The third-order valence-corrected chi connectivity index (χ3v) is 2.30. The lowest BCUT2D eigenvalue weighted by Crippen LogP contribution is -2.37. The first-order valence-electron chi connectivity index (χ1n) is 6.03. The van der Waals surface area contributed by atoms with Crippen molar-refractivity contribution in [1.29, 1.82) is 0 Å². The first-order chi connectivity index (χ1) is 8.27. The van der Waals surface area contributed by atoms with E-state index < -0.39 is 0 Å². The van der Waals surface area contributed by atoms with E-state index in [0.29, 0.717) is 18.5 Å². The molecule has 0 aliphatic rings. The van der Waals surface area contributed by atoms with Gasteiger partial charge in [0.05, 0.1) is 0 Å². The maximum atomic E-state index is 13.3. The van der Waals surface area contributed by atoms with E-state index in [4.69, 9.17) is 0 Å². The van der Waals surface area contributed by atoms with Crippen molar-refractivity contribution < 1.29 is 4.39 Å². The third-order valence-electron chi connectivity index (χ3n) is 2.30. The molecule has 1 rings (SSSR count). The summed E-state index contributed by atoms with van der Waals surface area (Å²) in [5.41, 5.74) is 0.712. The number of nitrogens with zero attached hydrogens (tertiary/aromatic N) is 1. The summed E-state index contributed by atoms with van der Waals surface area (Å²) in [6.07, 6.45) is 0.618. The minimum atomic E-state index is -0.156. The van der Waals surface area contributed by atoms with Crippen molar-refractivity contribution in [2.75, 3.05) is 19.6 Å². The lowest BCUT2D eigenvalue weighted by Gasteiger charge is -2.09. The van der Waals surface area contributed by atoms with E-state index in [2.05, 4.69) is 15.6 Å². The van der Waals surface area contributed by atoms with Crippen LogP contribution in [0.3, 0.4) is 0 Å². The van der Waals surface area contributed by atoms with E-state index in [0.717, 1.165) is 19.0 Å². The molecule has 0 heterocycles. The average molecular weight is 365 g/mol. The predicted molar refractivity (Wildman–Crippen MR) is 85.2 cm³/mol. The van der Waals surface area contributed by atoms with Gasteiger partial charge in [-0.3, -0.25) is 4.99 Å². The summed E-state index contributed by atoms with van der Waals surface area (Å²) in [7, 11) is 0. The Kier molecular flexibility index (Phi) is 9.63. The molecule has 1 aromatic carbocycles.